The molecule has 0 heterocycles. The van der Waals surface area contributed by atoms with Crippen LogP contribution in [0, 0.1) is 0 Å². The highest BCUT2D eigenvalue weighted by atomic mass is 35.5. The van der Waals surface area contributed by atoms with Crippen LogP contribution in [0.4, 0.5) is 0 Å². The third-order valence-electron chi connectivity index (χ3n) is 4.34. The molecule has 0 spiro atoms. The molecule has 27 heavy (non-hydrogen) atoms. The molecule has 0 amide bonds. The predicted molar refractivity (Wildman–Crippen MR) is 112 cm³/mol. The van der Waals surface area contributed by atoms with E-state index in [-0.39, 0.29) is 12.4 Å². The molecule has 0 saturated carbocycles. The Bertz CT molecular complexity index is 848. The smallest absolute Gasteiger partial charge is 0.287 e. The van der Waals surface area contributed by atoms with Gasteiger partial charge in [-0.25, -0.2) is 0 Å². The molecule has 4 rings (SSSR count). The predicted octanol–water partition coefficient (Wildman–Crippen LogP) is 1.98. The van der Waals surface area contributed by atoms with E-state index in [2.05, 4.69) is 91.0 Å². The molecule has 4 aromatic carbocycles. The third-order valence-corrected chi connectivity index (χ3v) is 7.91. The molecule has 0 aliphatic rings. The summed E-state index contributed by atoms with van der Waals surface area (Å²) in [7, 11) is -2.28. The summed E-state index contributed by atoms with van der Waals surface area (Å²) in [4.78, 5) is 0. The number of hydrogen-bond acceptors (Lipinski definition) is 1. The van der Waals surface area contributed by atoms with Crippen LogP contribution in [0.25, 0.3) is 0 Å². The Labute approximate surface area is 167 Å². The first-order valence-electron chi connectivity index (χ1n) is 8.70. The normalized spacial score (nSPS) is 10.7. The van der Waals surface area contributed by atoms with Gasteiger partial charge in [-0.3, -0.25) is 0 Å². The second kappa shape index (κ2) is 8.86. The van der Waals surface area contributed by atoms with Crippen molar-refractivity contribution < 1.29 is 16.9 Å². The Morgan fingerprint density at radius 3 is 1.04 bits per heavy atom. The molecule has 1 nitrogen and oxygen atoms in total. The van der Waals surface area contributed by atoms with E-state index in [1.54, 1.807) is 0 Å². The van der Waals surface area contributed by atoms with Crippen LogP contribution in [0.15, 0.2) is 121 Å². The lowest BCUT2D eigenvalue weighted by Gasteiger charge is -2.26. The molecule has 3 heteroatoms. The minimum absolute atomic E-state index is 0. The van der Waals surface area contributed by atoms with E-state index in [4.69, 9.17) is 4.52 Å². The number of rotatable bonds is 5. The fourth-order valence-corrected chi connectivity index (χ4v) is 6.58. The van der Waals surface area contributed by atoms with Crippen molar-refractivity contribution >= 4 is 23.4 Å². The SMILES string of the molecule is [Cl-].c1ccc(O[P+](c2ccccc2)(c2ccccc2)c2ccccc2)cc1. The van der Waals surface area contributed by atoms with Crippen molar-refractivity contribution in [1.29, 1.82) is 0 Å². The number of para-hydroxylation sites is 1. The van der Waals surface area contributed by atoms with E-state index in [9.17, 15) is 0 Å². The van der Waals surface area contributed by atoms with Crippen molar-refractivity contribution in [2.45, 2.75) is 0 Å². The lowest BCUT2D eigenvalue weighted by atomic mass is 10.3. The average Bonchev–Trinajstić information content (AvgIpc) is 2.75. The Balaban J connectivity index is 0.00000210. The van der Waals surface area contributed by atoms with Gasteiger partial charge < -0.3 is 16.9 Å². The quantitative estimate of drug-likeness (QED) is 0.473. The highest BCUT2D eigenvalue weighted by molar-refractivity contribution is 7.92. The minimum atomic E-state index is -2.28. The zero-order chi connectivity index (χ0) is 17.7. The first-order chi connectivity index (χ1) is 12.9. The Morgan fingerprint density at radius 1 is 0.407 bits per heavy atom. The molecule has 0 N–H and O–H groups in total. The van der Waals surface area contributed by atoms with Gasteiger partial charge in [0.15, 0.2) is 5.75 Å². The van der Waals surface area contributed by atoms with Gasteiger partial charge in [-0.05, 0) is 48.5 Å². The Kier molecular flexibility index (Phi) is 6.29. The lowest BCUT2D eigenvalue weighted by Crippen LogP contribution is -3.00. The average molecular weight is 391 g/mol. The van der Waals surface area contributed by atoms with Gasteiger partial charge in [-0.1, -0.05) is 72.8 Å². The van der Waals surface area contributed by atoms with Crippen LogP contribution < -0.4 is 32.8 Å². The van der Waals surface area contributed by atoms with Crippen molar-refractivity contribution in [3.05, 3.63) is 121 Å². The van der Waals surface area contributed by atoms with Gasteiger partial charge in [0.2, 0.25) is 0 Å². The summed E-state index contributed by atoms with van der Waals surface area (Å²) in [5.74, 6) is 0.886. The first-order valence-corrected chi connectivity index (χ1v) is 10.4. The summed E-state index contributed by atoms with van der Waals surface area (Å²) in [5, 5.41) is 3.63. The van der Waals surface area contributed by atoms with Gasteiger partial charge in [0, 0.05) is 0 Å². The standard InChI is InChI=1S/C24H20OP.ClH/c1-5-13-21(14-6-1)25-26(22-15-7-2-8-16-22,23-17-9-3-10-18-23)24-19-11-4-12-20-24;/h1-20H;1H/q+1;/p-1. The molecule has 0 saturated heterocycles. The van der Waals surface area contributed by atoms with E-state index in [1.807, 2.05) is 30.3 Å². The Morgan fingerprint density at radius 2 is 0.704 bits per heavy atom. The summed E-state index contributed by atoms with van der Waals surface area (Å²) < 4.78 is 6.87. The fourth-order valence-electron chi connectivity index (χ4n) is 3.16. The van der Waals surface area contributed by atoms with Gasteiger partial charge >= 0.3 is 0 Å². The topological polar surface area (TPSA) is 9.23 Å². The molecule has 134 valence electrons. The van der Waals surface area contributed by atoms with Gasteiger partial charge in [0.25, 0.3) is 7.49 Å². The molecule has 0 unspecified atom stereocenters. The van der Waals surface area contributed by atoms with Gasteiger partial charge in [-0.15, -0.1) is 0 Å². The largest absolute Gasteiger partial charge is 1.00 e. The summed E-state index contributed by atoms with van der Waals surface area (Å²) in [5.41, 5.74) is 0. The van der Waals surface area contributed by atoms with Crippen molar-refractivity contribution in [3.63, 3.8) is 0 Å². The molecule has 0 aliphatic carbocycles. The first kappa shape index (κ1) is 19.2. The highest BCUT2D eigenvalue weighted by Crippen LogP contribution is 2.55. The Hall–Kier alpha value is -2.60. The van der Waals surface area contributed by atoms with E-state index >= 15 is 0 Å². The molecule has 0 radical (unpaired) electrons. The van der Waals surface area contributed by atoms with Crippen molar-refractivity contribution in [2.75, 3.05) is 0 Å². The third kappa shape index (κ3) is 3.90. The second-order valence-electron chi connectivity index (χ2n) is 6.02. The van der Waals surface area contributed by atoms with Crippen LogP contribution in [0.1, 0.15) is 0 Å². The van der Waals surface area contributed by atoms with Crippen LogP contribution in [0.5, 0.6) is 5.75 Å². The summed E-state index contributed by atoms with van der Waals surface area (Å²) in [6, 6.07) is 41.9. The molecule has 0 fully saturated rings. The van der Waals surface area contributed by atoms with Crippen LogP contribution in [0.2, 0.25) is 0 Å². The maximum absolute atomic E-state index is 6.87. The molecular formula is C24H20ClOP. The monoisotopic (exact) mass is 390 g/mol. The van der Waals surface area contributed by atoms with Gasteiger partial charge in [-0.2, -0.15) is 0 Å². The van der Waals surface area contributed by atoms with E-state index in [1.165, 1.54) is 15.9 Å². The zero-order valence-electron chi connectivity index (χ0n) is 14.8. The molecule has 0 aliphatic heterocycles. The molecule has 0 bridgehead atoms. The van der Waals surface area contributed by atoms with E-state index in [0.29, 0.717) is 0 Å². The molecule has 0 atom stereocenters. The van der Waals surface area contributed by atoms with Crippen LogP contribution >= 0.6 is 7.49 Å². The minimum Gasteiger partial charge on any atom is -1.00 e. The summed E-state index contributed by atoms with van der Waals surface area (Å²) in [6.07, 6.45) is 0. The second-order valence-corrected chi connectivity index (χ2v) is 8.97. The van der Waals surface area contributed by atoms with Crippen molar-refractivity contribution in [2.24, 2.45) is 0 Å². The summed E-state index contributed by atoms with van der Waals surface area (Å²) in [6.45, 7) is 0. The lowest BCUT2D eigenvalue weighted by molar-refractivity contribution is -0.00000551. The number of benzene rings is 4. The highest BCUT2D eigenvalue weighted by Gasteiger charge is 2.49. The fraction of sp³-hybridized carbons (Fsp3) is 0. The maximum atomic E-state index is 6.87. The van der Waals surface area contributed by atoms with E-state index < -0.39 is 7.49 Å². The van der Waals surface area contributed by atoms with Crippen LogP contribution in [-0.2, 0) is 0 Å². The number of hydrogen-bond donors (Lipinski definition) is 0. The van der Waals surface area contributed by atoms with Crippen LogP contribution in [-0.4, -0.2) is 0 Å². The molecule has 0 aromatic heterocycles. The van der Waals surface area contributed by atoms with Crippen molar-refractivity contribution in [3.8, 4) is 5.75 Å². The van der Waals surface area contributed by atoms with Crippen LogP contribution in [0.3, 0.4) is 0 Å². The van der Waals surface area contributed by atoms with Gasteiger partial charge in [0.1, 0.15) is 15.9 Å². The van der Waals surface area contributed by atoms with Gasteiger partial charge in [0.05, 0.1) is 0 Å². The van der Waals surface area contributed by atoms with Crippen molar-refractivity contribution in [1.82, 2.24) is 0 Å². The zero-order valence-corrected chi connectivity index (χ0v) is 16.4. The molecule has 4 aromatic rings. The number of halogens is 1. The summed E-state index contributed by atoms with van der Waals surface area (Å²) >= 11 is 0. The molecular weight excluding hydrogens is 371 g/mol. The van der Waals surface area contributed by atoms with E-state index in [0.717, 1.165) is 5.75 Å². The maximum Gasteiger partial charge on any atom is 0.287 e.